The largest absolute Gasteiger partial charge is 0.486 e. The molecule has 1 atom stereocenters. The second kappa shape index (κ2) is 8.26. The average Bonchev–Trinajstić information content (AvgIpc) is 3.41. The van der Waals surface area contributed by atoms with Crippen LogP contribution in [0.5, 0.6) is 5.75 Å². The maximum absolute atomic E-state index is 6.16. The summed E-state index contributed by atoms with van der Waals surface area (Å²) in [5.74, 6) is 8.49. The summed E-state index contributed by atoms with van der Waals surface area (Å²) in [6.45, 7) is 6.24. The lowest BCUT2D eigenvalue weighted by molar-refractivity contribution is 0.291. The van der Waals surface area contributed by atoms with Crippen LogP contribution in [-0.2, 0) is 6.61 Å². The van der Waals surface area contributed by atoms with Crippen molar-refractivity contribution in [3.63, 3.8) is 0 Å². The van der Waals surface area contributed by atoms with Crippen LogP contribution in [0.3, 0.4) is 0 Å². The summed E-state index contributed by atoms with van der Waals surface area (Å²) in [7, 11) is 0. The molecule has 0 fully saturated rings. The number of nitrogens with zero attached hydrogens (tertiary/aromatic N) is 5. The molecule has 10 heteroatoms. The fourth-order valence-electron chi connectivity index (χ4n) is 2.76. The number of thiophene rings is 1. The lowest BCUT2D eigenvalue weighted by Gasteiger charge is -2.09. The van der Waals surface area contributed by atoms with Crippen molar-refractivity contribution in [2.75, 3.05) is 5.84 Å². The smallest absolute Gasteiger partial charge is 0.257 e. The Kier molecular flexibility index (Phi) is 5.54. The zero-order chi connectivity index (χ0) is 20.4. The number of hydrogen-bond donors (Lipinski definition) is 1. The van der Waals surface area contributed by atoms with Crippen LogP contribution < -0.4 is 10.6 Å². The van der Waals surface area contributed by atoms with Gasteiger partial charge in [-0.3, -0.25) is 0 Å². The summed E-state index contributed by atoms with van der Waals surface area (Å²) in [4.78, 5) is 0.939. The molecule has 1 aromatic carbocycles. The highest BCUT2D eigenvalue weighted by molar-refractivity contribution is 7.99. The molecule has 0 amide bonds. The van der Waals surface area contributed by atoms with E-state index in [2.05, 4.69) is 26.5 Å². The topological polar surface area (TPSA) is 105 Å². The van der Waals surface area contributed by atoms with E-state index in [1.165, 1.54) is 16.4 Å². The molecule has 1 unspecified atom stereocenters. The van der Waals surface area contributed by atoms with Crippen molar-refractivity contribution in [1.29, 1.82) is 0 Å². The van der Waals surface area contributed by atoms with Crippen LogP contribution in [0.2, 0.25) is 0 Å². The highest BCUT2D eigenvalue weighted by Gasteiger charge is 2.20. The Balaban J connectivity index is 1.41. The molecule has 0 aliphatic carbocycles. The second-order valence-electron chi connectivity index (χ2n) is 6.56. The quantitative estimate of drug-likeness (QED) is 0.346. The summed E-state index contributed by atoms with van der Waals surface area (Å²) >= 11 is 2.95. The van der Waals surface area contributed by atoms with E-state index in [4.69, 9.17) is 15.0 Å². The van der Waals surface area contributed by atoms with E-state index in [0.717, 1.165) is 21.8 Å². The van der Waals surface area contributed by atoms with Crippen molar-refractivity contribution in [3.05, 3.63) is 58.6 Å². The molecule has 4 aromatic rings. The van der Waals surface area contributed by atoms with Gasteiger partial charge in [0.25, 0.3) is 5.89 Å². The summed E-state index contributed by atoms with van der Waals surface area (Å²) in [5.41, 5.74) is 2.28. The molecule has 4 rings (SSSR count). The van der Waals surface area contributed by atoms with Crippen molar-refractivity contribution in [2.45, 2.75) is 37.8 Å². The van der Waals surface area contributed by atoms with E-state index >= 15 is 0 Å². The molecular formula is C19H20N6O2S2. The predicted molar refractivity (Wildman–Crippen MR) is 112 cm³/mol. The maximum Gasteiger partial charge on any atom is 0.257 e. The minimum absolute atomic E-state index is 0.129. The number of nitrogen functional groups attached to an aromatic ring is 1. The van der Waals surface area contributed by atoms with E-state index in [0.29, 0.717) is 22.8 Å². The molecule has 29 heavy (non-hydrogen) atoms. The molecule has 150 valence electrons. The number of aryl methyl sites for hydroxylation is 2. The lowest BCUT2D eigenvalue weighted by Crippen LogP contribution is -2.16. The van der Waals surface area contributed by atoms with Gasteiger partial charge in [-0.25, -0.2) is 4.68 Å². The first kappa shape index (κ1) is 19.5. The number of benzene rings is 1. The van der Waals surface area contributed by atoms with E-state index < -0.39 is 0 Å². The number of aromatic nitrogens is 5. The third-order valence-corrected chi connectivity index (χ3v) is 6.00. The monoisotopic (exact) mass is 428 g/mol. The Bertz CT molecular complexity index is 1090. The van der Waals surface area contributed by atoms with E-state index in [1.807, 2.05) is 50.4 Å². The first-order chi connectivity index (χ1) is 14.0. The first-order valence-corrected chi connectivity index (χ1v) is 10.7. The van der Waals surface area contributed by atoms with Gasteiger partial charge < -0.3 is 15.0 Å². The van der Waals surface area contributed by atoms with Crippen molar-refractivity contribution in [3.8, 4) is 16.5 Å². The molecular weight excluding hydrogens is 408 g/mol. The van der Waals surface area contributed by atoms with Crippen molar-refractivity contribution >= 4 is 23.1 Å². The summed E-state index contributed by atoms with van der Waals surface area (Å²) in [6.07, 6.45) is 0. The summed E-state index contributed by atoms with van der Waals surface area (Å²) < 4.78 is 13.0. The fraction of sp³-hybridized carbons (Fsp3) is 0.263. The molecule has 0 aliphatic heterocycles. The van der Waals surface area contributed by atoms with Gasteiger partial charge in [0, 0.05) is 0 Å². The molecule has 0 radical (unpaired) electrons. The van der Waals surface area contributed by atoms with Gasteiger partial charge in [0.05, 0.1) is 10.1 Å². The third-order valence-electron chi connectivity index (χ3n) is 4.10. The first-order valence-electron chi connectivity index (χ1n) is 8.94. The zero-order valence-electron chi connectivity index (χ0n) is 16.2. The third kappa shape index (κ3) is 4.43. The minimum Gasteiger partial charge on any atom is -0.486 e. The molecule has 0 saturated heterocycles. The molecule has 3 heterocycles. The Morgan fingerprint density at radius 3 is 2.69 bits per heavy atom. The maximum atomic E-state index is 6.16. The molecule has 8 nitrogen and oxygen atoms in total. The Hall–Kier alpha value is -2.85. The van der Waals surface area contributed by atoms with Crippen molar-refractivity contribution < 1.29 is 9.15 Å². The van der Waals surface area contributed by atoms with E-state index in [-0.39, 0.29) is 11.9 Å². The van der Waals surface area contributed by atoms with Crippen LogP contribution in [0.4, 0.5) is 0 Å². The van der Waals surface area contributed by atoms with E-state index in [9.17, 15) is 0 Å². The van der Waals surface area contributed by atoms with Crippen LogP contribution in [0.15, 0.2) is 45.3 Å². The Morgan fingerprint density at radius 2 is 1.97 bits per heavy atom. The number of nitrogens with two attached hydrogens (primary N) is 1. The molecule has 3 aromatic heterocycles. The van der Waals surface area contributed by atoms with Crippen molar-refractivity contribution in [2.24, 2.45) is 0 Å². The molecule has 0 aliphatic rings. The van der Waals surface area contributed by atoms with Gasteiger partial charge in [-0.2, -0.15) is 0 Å². The van der Waals surface area contributed by atoms with E-state index in [1.54, 1.807) is 11.3 Å². The second-order valence-corrected chi connectivity index (χ2v) is 8.82. The molecule has 0 bridgehead atoms. The van der Waals surface area contributed by atoms with Crippen LogP contribution in [0, 0.1) is 13.8 Å². The minimum atomic E-state index is -0.129. The van der Waals surface area contributed by atoms with Gasteiger partial charge >= 0.3 is 0 Å². The number of rotatable bonds is 7. The lowest BCUT2D eigenvalue weighted by atomic mass is 10.1. The SMILES string of the molecule is Cc1cc(C)cc(OCc2nnc(SC(C)c3nnc(-c4cccs4)o3)n2N)c1. The van der Waals surface area contributed by atoms with Gasteiger partial charge in [-0.1, -0.05) is 23.9 Å². The average molecular weight is 429 g/mol. The summed E-state index contributed by atoms with van der Waals surface area (Å²) in [6, 6.07) is 9.93. The van der Waals surface area contributed by atoms with Crippen LogP contribution in [0.1, 0.15) is 35.0 Å². The van der Waals surface area contributed by atoms with Gasteiger partial charge in [0.15, 0.2) is 5.82 Å². The van der Waals surface area contributed by atoms with Crippen LogP contribution in [-0.4, -0.2) is 25.1 Å². The molecule has 2 N–H and O–H groups in total. The van der Waals surface area contributed by atoms with Gasteiger partial charge in [-0.15, -0.1) is 31.7 Å². The van der Waals surface area contributed by atoms with Crippen LogP contribution in [0.25, 0.3) is 10.8 Å². The van der Waals surface area contributed by atoms with Crippen molar-refractivity contribution in [1.82, 2.24) is 25.1 Å². The summed E-state index contributed by atoms with van der Waals surface area (Å²) in [5, 5.41) is 19.0. The predicted octanol–water partition coefficient (Wildman–Crippen LogP) is 4.15. The van der Waals surface area contributed by atoms with Gasteiger partial charge in [0.2, 0.25) is 11.0 Å². The highest BCUT2D eigenvalue weighted by Crippen LogP contribution is 2.34. The highest BCUT2D eigenvalue weighted by atomic mass is 32.2. The Morgan fingerprint density at radius 1 is 1.17 bits per heavy atom. The number of thioether (sulfide) groups is 1. The standard InChI is InChI=1S/C19H20N6O2S2/c1-11-7-12(2)9-14(8-11)26-10-16-21-24-19(25(16)20)29-13(3)17-22-23-18(27-17)15-5-4-6-28-15/h4-9,13H,10,20H2,1-3H3. The fourth-order valence-corrected chi connectivity index (χ4v) is 4.22. The Labute approximate surface area is 176 Å². The van der Waals surface area contributed by atoms with Gasteiger partial charge in [-0.05, 0) is 55.5 Å². The number of hydrogen-bond acceptors (Lipinski definition) is 9. The zero-order valence-corrected chi connectivity index (χ0v) is 17.8. The van der Waals surface area contributed by atoms with Crippen LogP contribution >= 0.6 is 23.1 Å². The van der Waals surface area contributed by atoms with Gasteiger partial charge in [0.1, 0.15) is 12.4 Å². The molecule has 0 saturated carbocycles. The normalized spacial score (nSPS) is 12.2. The number of ether oxygens (including phenoxy) is 1. The molecule has 0 spiro atoms.